The molecular formula is C24H32BrFN4O4S. The number of carbonyl (C=O) groups excluding carboxylic acids is 2. The van der Waals surface area contributed by atoms with Gasteiger partial charge in [0.15, 0.2) is 0 Å². The molecule has 0 saturated heterocycles. The average Bonchev–Trinajstić information content (AvgIpc) is 2.79. The minimum Gasteiger partial charge on any atom is -0.354 e. The number of nitrogens with zero attached hydrogens (tertiary/aromatic N) is 3. The van der Waals surface area contributed by atoms with E-state index in [1.807, 2.05) is 38.1 Å². The molecule has 8 nitrogen and oxygen atoms in total. The summed E-state index contributed by atoms with van der Waals surface area (Å²) in [5.74, 6) is -1.23. The summed E-state index contributed by atoms with van der Waals surface area (Å²) in [4.78, 5) is 27.8. The fraction of sp³-hybridized carbons (Fsp3) is 0.417. The summed E-state index contributed by atoms with van der Waals surface area (Å²) in [5, 5.41) is 2.83. The van der Waals surface area contributed by atoms with Crippen LogP contribution in [0.25, 0.3) is 0 Å². The largest absolute Gasteiger partial charge is 0.354 e. The molecule has 0 spiro atoms. The van der Waals surface area contributed by atoms with Gasteiger partial charge in [-0.3, -0.25) is 9.59 Å². The molecule has 11 heteroatoms. The van der Waals surface area contributed by atoms with E-state index in [4.69, 9.17) is 0 Å². The molecule has 1 N–H and O–H groups in total. The van der Waals surface area contributed by atoms with E-state index in [2.05, 4.69) is 21.2 Å². The van der Waals surface area contributed by atoms with E-state index in [-0.39, 0.29) is 24.1 Å². The molecule has 35 heavy (non-hydrogen) atoms. The highest BCUT2D eigenvalue weighted by atomic mass is 79.9. The minimum atomic E-state index is -4.09. The van der Waals surface area contributed by atoms with Crippen molar-refractivity contribution >= 4 is 43.6 Å². The summed E-state index contributed by atoms with van der Waals surface area (Å²) in [6.45, 7) is 5.49. The Hall–Kier alpha value is -2.50. The third-order valence-electron chi connectivity index (χ3n) is 5.23. The van der Waals surface area contributed by atoms with Gasteiger partial charge >= 0.3 is 10.2 Å². The van der Waals surface area contributed by atoms with Gasteiger partial charge in [-0.25, -0.2) is 8.70 Å². The Balaban J connectivity index is 2.42. The van der Waals surface area contributed by atoms with Crippen LogP contribution in [0.3, 0.4) is 0 Å². The van der Waals surface area contributed by atoms with Gasteiger partial charge in [-0.15, -0.1) is 0 Å². The monoisotopic (exact) mass is 570 g/mol. The van der Waals surface area contributed by atoms with E-state index < -0.39 is 34.5 Å². The molecule has 0 aliphatic carbocycles. The highest BCUT2D eigenvalue weighted by molar-refractivity contribution is 9.10. The summed E-state index contributed by atoms with van der Waals surface area (Å²) in [6, 6.07) is 11.3. The summed E-state index contributed by atoms with van der Waals surface area (Å²) in [6.07, 6.45) is 0. The molecule has 192 valence electrons. The molecule has 0 radical (unpaired) electrons. The predicted molar refractivity (Wildman–Crippen MR) is 138 cm³/mol. The lowest BCUT2D eigenvalue weighted by molar-refractivity contribution is -0.139. The molecule has 0 fully saturated rings. The van der Waals surface area contributed by atoms with Crippen molar-refractivity contribution in [3.8, 4) is 0 Å². The molecule has 0 aromatic heterocycles. The summed E-state index contributed by atoms with van der Waals surface area (Å²) in [5.41, 5.74) is 0.896. The molecule has 2 aromatic carbocycles. The quantitative estimate of drug-likeness (QED) is 0.448. The Morgan fingerprint density at radius 1 is 1.06 bits per heavy atom. The molecule has 2 aromatic rings. The van der Waals surface area contributed by atoms with Crippen LogP contribution in [0.5, 0.6) is 0 Å². The number of benzene rings is 2. The van der Waals surface area contributed by atoms with Crippen molar-refractivity contribution in [1.82, 2.24) is 14.5 Å². The fourth-order valence-electron chi connectivity index (χ4n) is 3.19. The van der Waals surface area contributed by atoms with Crippen LogP contribution in [0.15, 0.2) is 53.0 Å². The first-order chi connectivity index (χ1) is 16.3. The molecule has 1 atom stereocenters. The Labute approximate surface area is 215 Å². The second kappa shape index (κ2) is 12.5. The van der Waals surface area contributed by atoms with E-state index >= 15 is 0 Å². The molecule has 0 aliphatic heterocycles. The van der Waals surface area contributed by atoms with Gasteiger partial charge in [0, 0.05) is 31.7 Å². The number of halogens is 2. The van der Waals surface area contributed by atoms with Crippen molar-refractivity contribution in [2.75, 3.05) is 31.5 Å². The number of rotatable bonds is 11. The Morgan fingerprint density at radius 2 is 1.69 bits per heavy atom. The topological polar surface area (TPSA) is 90.0 Å². The number of hydrogen-bond donors (Lipinski definition) is 1. The summed E-state index contributed by atoms with van der Waals surface area (Å²) < 4.78 is 42.3. The lowest BCUT2D eigenvalue weighted by atomic mass is 10.1. The molecule has 0 saturated carbocycles. The van der Waals surface area contributed by atoms with Crippen LogP contribution >= 0.6 is 15.9 Å². The number of anilines is 1. The van der Waals surface area contributed by atoms with Crippen molar-refractivity contribution in [2.45, 2.75) is 33.4 Å². The zero-order chi connectivity index (χ0) is 26.3. The van der Waals surface area contributed by atoms with E-state index in [0.717, 1.165) is 30.8 Å². The molecule has 0 bridgehead atoms. The van der Waals surface area contributed by atoms with Crippen LogP contribution in [0, 0.1) is 11.7 Å². The molecule has 0 heterocycles. The minimum absolute atomic E-state index is 0.0911. The molecular weight excluding hydrogens is 539 g/mol. The lowest BCUT2D eigenvalue weighted by Gasteiger charge is -2.33. The van der Waals surface area contributed by atoms with Gasteiger partial charge in [0.25, 0.3) is 0 Å². The second-order valence-electron chi connectivity index (χ2n) is 8.74. The van der Waals surface area contributed by atoms with Crippen LogP contribution in [0.4, 0.5) is 10.1 Å². The smallest absolute Gasteiger partial charge is 0.304 e. The highest BCUT2D eigenvalue weighted by Crippen LogP contribution is 2.22. The van der Waals surface area contributed by atoms with Crippen molar-refractivity contribution in [3.63, 3.8) is 0 Å². The van der Waals surface area contributed by atoms with E-state index in [1.54, 1.807) is 6.92 Å². The van der Waals surface area contributed by atoms with Crippen molar-refractivity contribution in [2.24, 2.45) is 5.92 Å². The maximum Gasteiger partial charge on any atom is 0.304 e. The van der Waals surface area contributed by atoms with Gasteiger partial charge in [-0.05, 0) is 54.8 Å². The van der Waals surface area contributed by atoms with Gasteiger partial charge in [0.1, 0.15) is 18.4 Å². The van der Waals surface area contributed by atoms with Gasteiger partial charge in [0.05, 0.1) is 5.69 Å². The highest BCUT2D eigenvalue weighted by Gasteiger charge is 2.32. The third kappa shape index (κ3) is 8.01. The number of nitrogens with one attached hydrogen (secondary N) is 1. The van der Waals surface area contributed by atoms with Crippen LogP contribution in [-0.4, -0.2) is 62.7 Å². The first kappa shape index (κ1) is 28.7. The normalized spacial score (nSPS) is 12.5. The second-order valence-corrected chi connectivity index (χ2v) is 11.7. The van der Waals surface area contributed by atoms with Crippen molar-refractivity contribution in [1.29, 1.82) is 0 Å². The maximum atomic E-state index is 13.6. The van der Waals surface area contributed by atoms with Crippen LogP contribution in [0.2, 0.25) is 0 Å². The number of carbonyl (C=O) groups is 2. The van der Waals surface area contributed by atoms with Gasteiger partial charge in [-0.1, -0.05) is 41.9 Å². The third-order valence-corrected chi connectivity index (χ3v) is 7.54. The Bertz CT molecular complexity index is 1130. The number of hydrogen-bond acceptors (Lipinski definition) is 4. The standard InChI is InChI=1S/C24H32BrFN4O4S/c1-17(2)14-27-24(32)18(3)29(15-19-7-6-8-20(25)13-19)23(31)16-30(35(33,34)28(4)5)22-11-9-21(26)10-12-22/h6-13,17-18H,14-16H2,1-5H3,(H,27,32)/t18-/m0/s1. The van der Waals surface area contributed by atoms with E-state index in [1.165, 1.54) is 31.1 Å². The van der Waals surface area contributed by atoms with E-state index in [9.17, 15) is 22.4 Å². The average molecular weight is 572 g/mol. The summed E-state index contributed by atoms with van der Waals surface area (Å²) in [7, 11) is -1.40. The SMILES string of the molecule is CC(C)CNC(=O)[C@H](C)N(Cc1cccc(Br)c1)C(=O)CN(c1ccc(F)cc1)S(=O)(=O)N(C)C. The molecule has 0 aliphatic rings. The van der Waals surface area contributed by atoms with Crippen molar-refractivity contribution in [3.05, 3.63) is 64.4 Å². The van der Waals surface area contributed by atoms with Crippen molar-refractivity contribution < 1.29 is 22.4 Å². The predicted octanol–water partition coefficient (Wildman–Crippen LogP) is 3.39. The molecule has 0 unspecified atom stereocenters. The van der Waals surface area contributed by atoms with Gasteiger partial charge < -0.3 is 10.2 Å². The lowest BCUT2D eigenvalue weighted by Crippen LogP contribution is -2.52. The Morgan fingerprint density at radius 3 is 2.23 bits per heavy atom. The molecule has 2 amide bonds. The first-order valence-electron chi connectivity index (χ1n) is 11.1. The Kier molecular flexibility index (Phi) is 10.2. The van der Waals surface area contributed by atoms with Gasteiger partial charge in [0.2, 0.25) is 11.8 Å². The van der Waals surface area contributed by atoms with Crippen LogP contribution in [-0.2, 0) is 26.3 Å². The zero-order valence-electron chi connectivity index (χ0n) is 20.5. The van der Waals surface area contributed by atoms with Crippen LogP contribution in [0.1, 0.15) is 26.3 Å². The maximum absolute atomic E-state index is 13.6. The van der Waals surface area contributed by atoms with Gasteiger partial charge in [-0.2, -0.15) is 12.7 Å². The number of amides is 2. The van der Waals surface area contributed by atoms with E-state index in [0.29, 0.717) is 6.54 Å². The summed E-state index contributed by atoms with van der Waals surface area (Å²) >= 11 is 3.41. The molecule has 2 rings (SSSR count). The zero-order valence-corrected chi connectivity index (χ0v) is 22.9. The van der Waals surface area contributed by atoms with Crippen LogP contribution < -0.4 is 9.62 Å². The first-order valence-corrected chi connectivity index (χ1v) is 13.3. The fourth-order valence-corrected chi connectivity index (χ4v) is 4.69.